The van der Waals surface area contributed by atoms with Crippen LogP contribution in [0.3, 0.4) is 0 Å². The van der Waals surface area contributed by atoms with E-state index in [1.54, 1.807) is 0 Å². The molecule has 0 N–H and O–H groups in total. The topological polar surface area (TPSA) is 9.23 Å². The minimum Gasteiger partial charge on any atom is -0.317 e. The highest BCUT2D eigenvalue weighted by atomic mass is 35.5. The van der Waals surface area contributed by atoms with E-state index in [1.165, 1.54) is 0 Å². The van der Waals surface area contributed by atoms with Crippen LogP contribution >= 0.6 is 11.6 Å². The molecule has 3 rings (SSSR count). The van der Waals surface area contributed by atoms with Gasteiger partial charge in [0.2, 0.25) is 0 Å². The molecule has 164 valence electrons. The second kappa shape index (κ2) is 8.86. The average Bonchev–Trinajstić information content (AvgIpc) is 2.59. The third-order valence-electron chi connectivity index (χ3n) is 6.58. The van der Waals surface area contributed by atoms with Gasteiger partial charge in [-0.05, 0) is 50.4 Å². The Labute approximate surface area is 165 Å². The summed E-state index contributed by atoms with van der Waals surface area (Å²) in [5.41, 5.74) is 0. The van der Waals surface area contributed by atoms with Crippen molar-refractivity contribution in [1.29, 1.82) is 0 Å². The van der Waals surface area contributed by atoms with Crippen LogP contribution in [0, 0.1) is 17.8 Å². The fourth-order valence-electron chi connectivity index (χ4n) is 5.03. The molecule has 0 aliphatic heterocycles. The molecule has 9 heteroatoms. The van der Waals surface area contributed by atoms with Crippen molar-refractivity contribution in [2.24, 2.45) is 17.8 Å². The molecule has 0 aromatic rings. The quantitative estimate of drug-likeness (QED) is 0.371. The summed E-state index contributed by atoms with van der Waals surface area (Å²) in [7, 11) is 0. The monoisotopic (exact) mass is 438 g/mol. The molecule has 28 heavy (non-hydrogen) atoms. The zero-order chi connectivity index (χ0) is 20.6. The zero-order valence-electron chi connectivity index (χ0n) is 15.4. The second-order valence-electron chi connectivity index (χ2n) is 8.55. The molecule has 4 unspecified atom stereocenters. The van der Waals surface area contributed by atoms with Crippen LogP contribution in [0.4, 0.5) is 30.7 Å². The van der Waals surface area contributed by atoms with Crippen LogP contribution in [-0.4, -0.2) is 48.4 Å². The fraction of sp³-hybridized carbons (Fsp3) is 1.00. The number of ether oxygens (including phenoxy) is 1. The number of halogens is 8. The highest BCUT2D eigenvalue weighted by Gasteiger charge is 2.56. The molecular formula is C19H26ClF7O. The van der Waals surface area contributed by atoms with E-state index in [1.807, 2.05) is 0 Å². The molecule has 0 aromatic heterocycles. The van der Waals surface area contributed by atoms with Gasteiger partial charge >= 0.3 is 6.11 Å². The van der Waals surface area contributed by atoms with Crippen LogP contribution in [0.2, 0.25) is 0 Å². The van der Waals surface area contributed by atoms with Crippen molar-refractivity contribution in [2.45, 2.75) is 99.8 Å². The maximum absolute atomic E-state index is 14.6. The Hall–Kier alpha value is -0.240. The molecule has 0 spiro atoms. The van der Waals surface area contributed by atoms with Gasteiger partial charge in [-0.15, -0.1) is 11.6 Å². The Morgan fingerprint density at radius 3 is 1.68 bits per heavy atom. The van der Waals surface area contributed by atoms with Crippen molar-refractivity contribution in [3.8, 4) is 0 Å². The van der Waals surface area contributed by atoms with E-state index in [9.17, 15) is 30.7 Å². The van der Waals surface area contributed by atoms with Gasteiger partial charge in [0.25, 0.3) is 0 Å². The van der Waals surface area contributed by atoms with Gasteiger partial charge in [-0.25, -0.2) is 22.0 Å². The Morgan fingerprint density at radius 1 is 0.679 bits per heavy atom. The third kappa shape index (κ3) is 4.90. The van der Waals surface area contributed by atoms with Gasteiger partial charge < -0.3 is 4.74 Å². The maximum Gasteiger partial charge on any atom is 0.364 e. The van der Waals surface area contributed by atoms with Crippen molar-refractivity contribution >= 4 is 11.6 Å². The molecule has 0 heterocycles. The SMILES string of the molecule is FC1CC(OC(F)(F)C2C(F)CC(C3CCC(Cl)CC3)CC2F)CC(F)C1F. The maximum atomic E-state index is 14.6. The van der Waals surface area contributed by atoms with Gasteiger partial charge in [-0.2, -0.15) is 8.78 Å². The van der Waals surface area contributed by atoms with Crippen molar-refractivity contribution in [1.82, 2.24) is 0 Å². The average molecular weight is 439 g/mol. The molecule has 3 fully saturated rings. The normalized spacial score (nSPS) is 48.4. The van der Waals surface area contributed by atoms with Crippen LogP contribution in [-0.2, 0) is 4.74 Å². The standard InChI is InChI=1S/C19H26ClF7O/c20-11-3-1-9(2-4-11)10-5-13(21)17(14(22)6-10)19(26,27)28-12-7-15(23)18(25)16(24)8-12/h9-18H,1-8H2. The molecule has 0 saturated heterocycles. The highest BCUT2D eigenvalue weighted by Crippen LogP contribution is 2.48. The molecule has 0 aromatic carbocycles. The number of hydrogen-bond donors (Lipinski definition) is 0. The minimum atomic E-state index is -4.22. The van der Waals surface area contributed by atoms with E-state index in [2.05, 4.69) is 4.74 Å². The summed E-state index contributed by atoms with van der Waals surface area (Å²) >= 11 is 6.04. The van der Waals surface area contributed by atoms with Gasteiger partial charge in [0.1, 0.15) is 30.6 Å². The molecule has 0 bridgehead atoms. The van der Waals surface area contributed by atoms with E-state index in [4.69, 9.17) is 11.6 Å². The molecule has 3 aliphatic rings. The molecule has 0 amide bonds. The fourth-order valence-corrected chi connectivity index (χ4v) is 5.28. The van der Waals surface area contributed by atoms with Crippen molar-refractivity contribution < 1.29 is 35.5 Å². The van der Waals surface area contributed by atoms with E-state index < -0.39 is 61.8 Å². The number of rotatable bonds is 4. The van der Waals surface area contributed by atoms with Crippen LogP contribution < -0.4 is 0 Å². The summed E-state index contributed by atoms with van der Waals surface area (Å²) in [5, 5.41) is 0.0470. The summed E-state index contributed by atoms with van der Waals surface area (Å²) < 4.78 is 103. The number of alkyl halides is 8. The van der Waals surface area contributed by atoms with Gasteiger partial charge in [0, 0.05) is 18.2 Å². The molecule has 0 radical (unpaired) electrons. The summed E-state index contributed by atoms with van der Waals surface area (Å²) in [4.78, 5) is 0. The highest BCUT2D eigenvalue weighted by molar-refractivity contribution is 6.20. The third-order valence-corrected chi connectivity index (χ3v) is 7.02. The van der Waals surface area contributed by atoms with Crippen LogP contribution in [0.5, 0.6) is 0 Å². The molecule has 3 aliphatic carbocycles. The lowest BCUT2D eigenvalue weighted by atomic mass is 9.69. The van der Waals surface area contributed by atoms with E-state index in [0.717, 1.165) is 25.7 Å². The van der Waals surface area contributed by atoms with Crippen molar-refractivity contribution in [3.05, 3.63) is 0 Å². The molecular weight excluding hydrogens is 413 g/mol. The van der Waals surface area contributed by atoms with E-state index in [0.29, 0.717) is 0 Å². The van der Waals surface area contributed by atoms with E-state index >= 15 is 0 Å². The lowest BCUT2D eigenvalue weighted by molar-refractivity contribution is -0.323. The lowest BCUT2D eigenvalue weighted by Gasteiger charge is -2.43. The second-order valence-corrected chi connectivity index (χ2v) is 9.17. The summed E-state index contributed by atoms with van der Waals surface area (Å²) in [6.45, 7) is 0. The first kappa shape index (κ1) is 22.4. The smallest absolute Gasteiger partial charge is 0.317 e. The lowest BCUT2D eigenvalue weighted by Crippen LogP contribution is -2.52. The van der Waals surface area contributed by atoms with Crippen molar-refractivity contribution in [3.63, 3.8) is 0 Å². The van der Waals surface area contributed by atoms with Crippen LogP contribution in [0.25, 0.3) is 0 Å². The Kier molecular flexibility index (Phi) is 7.11. The van der Waals surface area contributed by atoms with Gasteiger partial charge in [0.15, 0.2) is 6.17 Å². The minimum absolute atomic E-state index is 0.0470. The first-order valence-corrected chi connectivity index (χ1v) is 10.4. The Balaban J connectivity index is 1.61. The summed E-state index contributed by atoms with van der Waals surface area (Å²) in [6.07, 6.45) is -16.0. The Bertz CT molecular complexity index is 493. The van der Waals surface area contributed by atoms with Crippen molar-refractivity contribution in [2.75, 3.05) is 0 Å². The predicted molar refractivity (Wildman–Crippen MR) is 91.3 cm³/mol. The first-order chi connectivity index (χ1) is 13.1. The van der Waals surface area contributed by atoms with Gasteiger partial charge in [-0.1, -0.05) is 0 Å². The summed E-state index contributed by atoms with van der Waals surface area (Å²) in [6, 6.07) is 0. The summed E-state index contributed by atoms with van der Waals surface area (Å²) in [5.74, 6) is -2.61. The molecule has 4 atom stereocenters. The van der Waals surface area contributed by atoms with Gasteiger partial charge in [0.05, 0.1) is 6.10 Å². The predicted octanol–water partition coefficient (Wildman–Crippen LogP) is 6.27. The van der Waals surface area contributed by atoms with E-state index in [-0.39, 0.29) is 30.1 Å². The largest absolute Gasteiger partial charge is 0.364 e. The van der Waals surface area contributed by atoms with Crippen LogP contribution in [0.1, 0.15) is 51.4 Å². The molecule has 3 saturated carbocycles. The molecule has 1 nitrogen and oxygen atoms in total. The zero-order valence-corrected chi connectivity index (χ0v) is 16.1. The first-order valence-electron chi connectivity index (χ1n) is 9.98. The Morgan fingerprint density at radius 2 is 1.18 bits per heavy atom. The van der Waals surface area contributed by atoms with Gasteiger partial charge in [-0.3, -0.25) is 0 Å². The van der Waals surface area contributed by atoms with Crippen LogP contribution in [0.15, 0.2) is 0 Å². The number of hydrogen-bond acceptors (Lipinski definition) is 1.